The largest absolute Gasteiger partial charge is 0.325 e. The fourth-order valence-corrected chi connectivity index (χ4v) is 8.37. The Morgan fingerprint density at radius 3 is 2.14 bits per heavy atom. The van der Waals surface area contributed by atoms with E-state index in [2.05, 4.69) is 45.4 Å². The van der Waals surface area contributed by atoms with E-state index in [1.54, 1.807) is 12.1 Å². The SMILES string of the molecule is CS(=O)(=O)c1ccc(CN2C(=O)NC3(CCN(CC4CN(CC5CCCCC5)CC4c4ccccc4)CC3)C2=O)cc1.Cl.Cl. The van der Waals surface area contributed by atoms with Crippen LogP contribution in [0.15, 0.2) is 59.5 Å². The van der Waals surface area contributed by atoms with Gasteiger partial charge in [0.2, 0.25) is 0 Å². The number of hydrogen-bond donors (Lipinski definition) is 1. The van der Waals surface area contributed by atoms with E-state index in [0.29, 0.717) is 24.7 Å². The number of rotatable bonds is 8. The lowest BCUT2D eigenvalue weighted by Crippen LogP contribution is -2.55. The molecule has 1 aliphatic carbocycles. The number of piperidine rings is 1. The van der Waals surface area contributed by atoms with Gasteiger partial charge in [-0.2, -0.15) is 0 Å². The van der Waals surface area contributed by atoms with Gasteiger partial charge in [-0.1, -0.05) is 61.7 Å². The van der Waals surface area contributed by atoms with Crippen molar-refractivity contribution in [3.05, 3.63) is 65.7 Å². The summed E-state index contributed by atoms with van der Waals surface area (Å²) in [7, 11) is -3.30. The molecule has 2 aromatic rings. The number of amides is 3. The van der Waals surface area contributed by atoms with E-state index in [9.17, 15) is 18.0 Å². The van der Waals surface area contributed by atoms with E-state index in [1.807, 2.05) is 0 Å². The number of carbonyl (C=O) groups is 2. The number of imide groups is 1. The molecular formula is C33H46Cl2N4O4S. The van der Waals surface area contributed by atoms with Crippen molar-refractivity contribution in [3.8, 4) is 0 Å². The van der Waals surface area contributed by atoms with Crippen molar-refractivity contribution >= 4 is 46.6 Å². The standard InChI is InChI=1S/C33H44N4O4S.2ClH/c1-42(40,41)29-14-12-26(13-15-29)21-37-31(38)33(34-32(37)39)16-18-35(19-17-33)22-28-23-36(20-25-8-4-2-5-9-25)24-30(28)27-10-6-3-7-11-27;;/h3,6-7,10-15,25,28,30H,2,4-5,8-9,16-24H2,1H3,(H,34,39);2*1H. The molecule has 4 fully saturated rings. The van der Waals surface area contributed by atoms with Crippen LogP contribution < -0.4 is 5.32 Å². The lowest BCUT2D eigenvalue weighted by Gasteiger charge is -2.39. The molecule has 2 aromatic carbocycles. The summed E-state index contributed by atoms with van der Waals surface area (Å²) in [5, 5.41) is 3.03. The number of benzene rings is 2. The van der Waals surface area contributed by atoms with Crippen LogP contribution in [0.3, 0.4) is 0 Å². The molecule has 2 unspecified atom stereocenters. The molecule has 6 rings (SSSR count). The van der Waals surface area contributed by atoms with E-state index >= 15 is 0 Å². The highest BCUT2D eigenvalue weighted by molar-refractivity contribution is 7.90. The van der Waals surface area contributed by atoms with E-state index in [4.69, 9.17) is 0 Å². The number of nitrogens with zero attached hydrogens (tertiary/aromatic N) is 3. The molecule has 2 atom stereocenters. The predicted octanol–water partition coefficient (Wildman–Crippen LogP) is 5.12. The van der Waals surface area contributed by atoms with Crippen LogP contribution in [0.4, 0.5) is 4.79 Å². The normalized spacial score (nSPS) is 24.6. The smallest absolute Gasteiger partial charge is 0.323 e. The highest BCUT2D eigenvalue weighted by Gasteiger charge is 2.52. The van der Waals surface area contributed by atoms with Crippen LogP contribution in [0.2, 0.25) is 0 Å². The van der Waals surface area contributed by atoms with Crippen molar-refractivity contribution in [3.63, 3.8) is 0 Å². The van der Waals surface area contributed by atoms with Crippen LogP contribution in [-0.4, -0.2) is 86.1 Å². The molecule has 3 aliphatic heterocycles. The van der Waals surface area contributed by atoms with E-state index < -0.39 is 15.4 Å². The minimum Gasteiger partial charge on any atom is -0.323 e. The first-order valence-corrected chi connectivity index (χ1v) is 17.5. The van der Waals surface area contributed by atoms with Gasteiger partial charge in [-0.25, -0.2) is 13.2 Å². The zero-order valence-electron chi connectivity index (χ0n) is 25.5. The molecule has 0 radical (unpaired) electrons. The monoisotopic (exact) mass is 664 g/mol. The molecule has 8 nitrogen and oxygen atoms in total. The van der Waals surface area contributed by atoms with Crippen LogP contribution in [0.5, 0.6) is 0 Å². The number of halogens is 2. The van der Waals surface area contributed by atoms with Crippen molar-refractivity contribution in [2.24, 2.45) is 11.8 Å². The average molecular weight is 666 g/mol. The third-order valence-corrected chi connectivity index (χ3v) is 11.3. The molecule has 3 saturated heterocycles. The van der Waals surface area contributed by atoms with Crippen LogP contribution >= 0.6 is 24.8 Å². The highest BCUT2D eigenvalue weighted by Crippen LogP contribution is 2.37. The molecule has 11 heteroatoms. The molecule has 242 valence electrons. The summed E-state index contributed by atoms with van der Waals surface area (Å²) in [5.74, 6) is 1.73. The maximum atomic E-state index is 13.6. The van der Waals surface area contributed by atoms with Crippen LogP contribution in [0.1, 0.15) is 62.0 Å². The van der Waals surface area contributed by atoms with Crippen molar-refractivity contribution < 1.29 is 18.0 Å². The Labute approximate surface area is 274 Å². The molecule has 0 aromatic heterocycles. The maximum absolute atomic E-state index is 13.6. The van der Waals surface area contributed by atoms with Crippen LogP contribution in [0.25, 0.3) is 0 Å². The number of sulfone groups is 1. The van der Waals surface area contributed by atoms with Crippen LogP contribution in [-0.2, 0) is 21.2 Å². The Kier molecular flexibility index (Phi) is 11.4. The molecule has 1 spiro atoms. The maximum Gasteiger partial charge on any atom is 0.325 e. The number of likely N-dealkylation sites (tertiary alicyclic amines) is 2. The minimum absolute atomic E-state index is 0. The summed E-state index contributed by atoms with van der Waals surface area (Å²) in [5.41, 5.74) is 1.31. The van der Waals surface area contributed by atoms with Gasteiger partial charge in [0.25, 0.3) is 5.91 Å². The first-order chi connectivity index (χ1) is 20.2. The number of nitrogens with one attached hydrogen (secondary N) is 1. The average Bonchev–Trinajstić information content (AvgIpc) is 3.48. The summed E-state index contributed by atoms with van der Waals surface area (Å²) in [4.78, 5) is 33.2. The summed E-state index contributed by atoms with van der Waals surface area (Å²) in [6.07, 6.45) is 9.26. The summed E-state index contributed by atoms with van der Waals surface area (Å²) in [6.45, 7) is 6.17. The third-order valence-electron chi connectivity index (χ3n) is 10.1. The second-order valence-electron chi connectivity index (χ2n) is 13.1. The summed E-state index contributed by atoms with van der Waals surface area (Å²) >= 11 is 0. The van der Waals surface area contributed by atoms with Crippen molar-refractivity contribution in [2.75, 3.05) is 45.5 Å². The molecule has 4 aliphatic rings. The lowest BCUT2D eigenvalue weighted by atomic mass is 9.85. The van der Waals surface area contributed by atoms with Gasteiger partial charge in [-0.3, -0.25) is 9.69 Å². The van der Waals surface area contributed by atoms with Gasteiger partial charge in [-0.05, 0) is 60.8 Å². The van der Waals surface area contributed by atoms with Gasteiger partial charge in [0.15, 0.2) is 9.84 Å². The molecule has 3 heterocycles. The van der Waals surface area contributed by atoms with E-state index in [0.717, 1.165) is 50.5 Å². The van der Waals surface area contributed by atoms with Gasteiger partial charge < -0.3 is 15.1 Å². The minimum atomic E-state index is -3.30. The fraction of sp³-hybridized carbons (Fsp3) is 0.576. The van der Waals surface area contributed by atoms with Gasteiger partial charge >= 0.3 is 6.03 Å². The van der Waals surface area contributed by atoms with Crippen LogP contribution in [0, 0.1) is 11.8 Å². The first-order valence-electron chi connectivity index (χ1n) is 15.6. The second kappa shape index (κ2) is 14.5. The molecular weight excluding hydrogens is 619 g/mol. The Morgan fingerprint density at radius 2 is 1.50 bits per heavy atom. The first kappa shape index (κ1) is 34.7. The Morgan fingerprint density at radius 1 is 0.841 bits per heavy atom. The molecule has 1 N–H and O–H groups in total. The van der Waals surface area contributed by atoms with Gasteiger partial charge in [0, 0.05) is 51.4 Å². The molecule has 1 saturated carbocycles. The Hall–Kier alpha value is -2.17. The Balaban J connectivity index is 0.00000221. The van der Waals surface area contributed by atoms with Gasteiger partial charge in [0.1, 0.15) is 5.54 Å². The number of carbonyl (C=O) groups excluding carboxylic acids is 2. The van der Waals surface area contributed by atoms with E-state index in [-0.39, 0.29) is 48.2 Å². The second-order valence-corrected chi connectivity index (χ2v) is 15.1. The fourth-order valence-electron chi connectivity index (χ4n) is 7.74. The zero-order chi connectivity index (χ0) is 29.3. The zero-order valence-corrected chi connectivity index (χ0v) is 28.0. The van der Waals surface area contributed by atoms with Crippen molar-refractivity contribution in [1.82, 2.24) is 20.0 Å². The van der Waals surface area contributed by atoms with Gasteiger partial charge in [0.05, 0.1) is 11.4 Å². The quantitative estimate of drug-likeness (QED) is 0.394. The summed E-state index contributed by atoms with van der Waals surface area (Å²) in [6, 6.07) is 17.0. The molecule has 44 heavy (non-hydrogen) atoms. The third kappa shape index (κ3) is 7.61. The number of hydrogen-bond acceptors (Lipinski definition) is 6. The molecule has 3 amide bonds. The predicted molar refractivity (Wildman–Crippen MR) is 177 cm³/mol. The summed E-state index contributed by atoms with van der Waals surface area (Å²) < 4.78 is 23.6. The van der Waals surface area contributed by atoms with Crippen molar-refractivity contribution in [1.29, 1.82) is 0 Å². The lowest BCUT2D eigenvalue weighted by molar-refractivity contribution is -0.133. The topological polar surface area (TPSA) is 90.0 Å². The van der Waals surface area contributed by atoms with Gasteiger partial charge in [-0.15, -0.1) is 24.8 Å². The highest BCUT2D eigenvalue weighted by atomic mass is 35.5. The Bertz CT molecular complexity index is 1380. The number of urea groups is 1. The molecule has 0 bridgehead atoms. The van der Waals surface area contributed by atoms with Crippen molar-refractivity contribution in [2.45, 2.75) is 67.8 Å². The van der Waals surface area contributed by atoms with E-state index in [1.165, 1.54) is 61.2 Å².